The van der Waals surface area contributed by atoms with E-state index in [1.807, 2.05) is 42.6 Å². The molecule has 0 spiro atoms. The van der Waals surface area contributed by atoms with Crippen LogP contribution >= 0.6 is 34.8 Å². The van der Waals surface area contributed by atoms with Crippen LogP contribution in [-0.4, -0.2) is 22.2 Å². The third kappa shape index (κ3) is 3.26. The van der Waals surface area contributed by atoms with Gasteiger partial charge in [-0.15, -0.1) is 0 Å². The molecule has 3 heterocycles. The van der Waals surface area contributed by atoms with Crippen molar-refractivity contribution in [3.63, 3.8) is 0 Å². The zero-order chi connectivity index (χ0) is 19.8. The summed E-state index contributed by atoms with van der Waals surface area (Å²) in [6.07, 6.45) is 1.82. The Hall–Kier alpha value is -2.13. The monoisotopic (exact) mass is 504 g/mol. The van der Waals surface area contributed by atoms with Crippen molar-refractivity contribution in [3.8, 4) is 5.75 Å². The summed E-state index contributed by atoms with van der Waals surface area (Å²) in [5.41, 5.74) is 5.51. The highest BCUT2D eigenvalue weighted by Crippen LogP contribution is 2.45. The minimum atomic E-state index is -0.0534. The molecule has 5 nitrogen and oxygen atoms in total. The van der Waals surface area contributed by atoms with Crippen molar-refractivity contribution in [1.29, 1.82) is 0 Å². The van der Waals surface area contributed by atoms with Crippen molar-refractivity contribution in [2.45, 2.75) is 25.9 Å². The zero-order valence-corrected chi connectivity index (χ0v) is 18.8. The normalized spacial score (nSPS) is 19.0. The number of methoxy groups -OCH3 is 1. The number of aromatic amines is 1. The van der Waals surface area contributed by atoms with Crippen LogP contribution in [-0.2, 0) is 0 Å². The van der Waals surface area contributed by atoms with Gasteiger partial charge in [0.25, 0.3) is 0 Å². The van der Waals surface area contributed by atoms with Crippen LogP contribution in [0.2, 0.25) is 0 Å². The van der Waals surface area contributed by atoms with Gasteiger partial charge in [-0.05, 0) is 72.9 Å². The van der Waals surface area contributed by atoms with Gasteiger partial charge >= 0.3 is 0 Å². The molecule has 0 bridgehead atoms. The SMILES string of the molecule is COc1cccc(N2C(=S)N[C@@H](c3ccccn3)[C@H]2c2c(C)[nH]c(C)c2I)c1. The number of nitrogens with zero attached hydrogens (tertiary/aromatic N) is 2. The van der Waals surface area contributed by atoms with Crippen molar-refractivity contribution in [2.75, 3.05) is 12.0 Å². The van der Waals surface area contributed by atoms with Gasteiger partial charge in [0.1, 0.15) is 5.75 Å². The van der Waals surface area contributed by atoms with Crippen molar-refractivity contribution >= 4 is 45.6 Å². The smallest absolute Gasteiger partial charge is 0.174 e. The summed E-state index contributed by atoms with van der Waals surface area (Å²) in [6.45, 7) is 4.22. The van der Waals surface area contributed by atoms with Crippen molar-refractivity contribution in [3.05, 3.63) is 74.9 Å². The first-order valence-electron chi connectivity index (χ1n) is 9.00. The summed E-state index contributed by atoms with van der Waals surface area (Å²) in [5, 5.41) is 4.19. The molecule has 1 aliphatic heterocycles. The first-order chi connectivity index (χ1) is 13.5. The van der Waals surface area contributed by atoms with Gasteiger partial charge in [0.05, 0.1) is 24.9 Å². The predicted octanol–water partition coefficient (Wildman–Crippen LogP) is 4.82. The second kappa shape index (κ2) is 7.71. The van der Waals surface area contributed by atoms with Gasteiger partial charge < -0.3 is 19.9 Å². The molecule has 0 unspecified atom stereocenters. The molecule has 144 valence electrons. The molecule has 2 aromatic heterocycles. The highest BCUT2D eigenvalue weighted by Gasteiger charge is 2.43. The molecule has 1 aromatic carbocycles. The molecule has 1 saturated heterocycles. The van der Waals surface area contributed by atoms with E-state index < -0.39 is 0 Å². The Bertz CT molecular complexity index is 1020. The van der Waals surface area contributed by atoms with E-state index in [-0.39, 0.29) is 12.1 Å². The number of aryl methyl sites for hydroxylation is 2. The number of halogens is 1. The van der Waals surface area contributed by atoms with Crippen LogP contribution in [0.5, 0.6) is 5.75 Å². The topological polar surface area (TPSA) is 53.2 Å². The van der Waals surface area contributed by atoms with Crippen molar-refractivity contribution in [1.82, 2.24) is 15.3 Å². The highest BCUT2D eigenvalue weighted by molar-refractivity contribution is 14.1. The molecule has 7 heteroatoms. The third-order valence-electron chi connectivity index (χ3n) is 5.07. The van der Waals surface area contributed by atoms with Crippen LogP contribution in [0.15, 0.2) is 48.7 Å². The molecule has 2 atom stereocenters. The lowest BCUT2D eigenvalue weighted by Crippen LogP contribution is -2.29. The number of aromatic nitrogens is 2. The summed E-state index contributed by atoms with van der Waals surface area (Å²) in [7, 11) is 1.68. The number of hydrogen-bond donors (Lipinski definition) is 2. The van der Waals surface area contributed by atoms with E-state index in [0.717, 1.165) is 28.5 Å². The van der Waals surface area contributed by atoms with E-state index in [0.29, 0.717) is 5.11 Å². The van der Waals surface area contributed by atoms with E-state index in [1.165, 1.54) is 9.13 Å². The van der Waals surface area contributed by atoms with E-state index in [2.05, 4.69) is 62.7 Å². The lowest BCUT2D eigenvalue weighted by atomic mass is 9.96. The molecular formula is C21H21IN4OS. The Morgan fingerprint density at radius 1 is 1.14 bits per heavy atom. The number of anilines is 1. The fraction of sp³-hybridized carbons (Fsp3) is 0.238. The Morgan fingerprint density at radius 3 is 2.61 bits per heavy atom. The van der Waals surface area contributed by atoms with Gasteiger partial charge in [-0.1, -0.05) is 12.1 Å². The second-order valence-electron chi connectivity index (χ2n) is 6.80. The van der Waals surface area contributed by atoms with E-state index in [9.17, 15) is 0 Å². The third-order valence-corrected chi connectivity index (χ3v) is 6.77. The van der Waals surface area contributed by atoms with Gasteiger partial charge in [0.15, 0.2) is 5.11 Å². The molecular weight excluding hydrogens is 483 g/mol. The largest absolute Gasteiger partial charge is 0.497 e. The number of hydrogen-bond acceptors (Lipinski definition) is 3. The number of benzene rings is 1. The van der Waals surface area contributed by atoms with Crippen molar-refractivity contribution in [2.24, 2.45) is 0 Å². The minimum absolute atomic E-state index is 0.0219. The number of ether oxygens (including phenoxy) is 1. The molecule has 0 aliphatic carbocycles. The summed E-state index contributed by atoms with van der Waals surface area (Å²) >= 11 is 8.20. The van der Waals surface area contributed by atoms with E-state index >= 15 is 0 Å². The molecule has 1 aliphatic rings. The molecule has 3 aromatic rings. The molecule has 0 amide bonds. The van der Waals surface area contributed by atoms with E-state index in [4.69, 9.17) is 17.0 Å². The van der Waals surface area contributed by atoms with Gasteiger partial charge in [-0.3, -0.25) is 4.98 Å². The highest BCUT2D eigenvalue weighted by atomic mass is 127. The molecule has 0 saturated carbocycles. The maximum Gasteiger partial charge on any atom is 0.174 e. The van der Waals surface area contributed by atoms with Crippen LogP contribution in [0.25, 0.3) is 0 Å². The van der Waals surface area contributed by atoms with Gasteiger partial charge in [-0.25, -0.2) is 0 Å². The molecule has 28 heavy (non-hydrogen) atoms. The lowest BCUT2D eigenvalue weighted by Gasteiger charge is -2.28. The second-order valence-corrected chi connectivity index (χ2v) is 8.27. The quantitative estimate of drug-likeness (QED) is 0.395. The first-order valence-corrected chi connectivity index (χ1v) is 10.5. The van der Waals surface area contributed by atoms with Crippen molar-refractivity contribution < 1.29 is 4.74 Å². The van der Waals surface area contributed by atoms with Gasteiger partial charge in [-0.2, -0.15) is 0 Å². The molecule has 0 radical (unpaired) electrons. The summed E-state index contributed by atoms with van der Waals surface area (Å²) in [4.78, 5) is 10.3. The molecule has 4 rings (SSSR count). The Labute approximate surface area is 183 Å². The molecule has 1 fully saturated rings. The van der Waals surface area contributed by atoms with Crippen LogP contribution in [0.1, 0.15) is 34.7 Å². The number of rotatable bonds is 4. The van der Waals surface area contributed by atoms with Gasteiger partial charge in [0, 0.05) is 38.5 Å². The van der Waals surface area contributed by atoms with Crippen LogP contribution in [0, 0.1) is 17.4 Å². The Balaban J connectivity index is 1.89. The fourth-order valence-electron chi connectivity index (χ4n) is 3.81. The summed E-state index contributed by atoms with van der Waals surface area (Å²) in [5.74, 6) is 0.803. The maximum absolute atomic E-state index is 5.78. The van der Waals surface area contributed by atoms with Gasteiger partial charge in [0.2, 0.25) is 0 Å². The predicted molar refractivity (Wildman–Crippen MR) is 124 cm³/mol. The average Bonchev–Trinajstić information content (AvgIpc) is 3.17. The fourth-order valence-corrected chi connectivity index (χ4v) is 5.01. The van der Waals surface area contributed by atoms with Crippen LogP contribution < -0.4 is 15.0 Å². The lowest BCUT2D eigenvalue weighted by molar-refractivity contribution is 0.415. The number of H-pyrrole nitrogens is 1. The summed E-state index contributed by atoms with van der Waals surface area (Å²) in [6, 6.07) is 13.9. The minimum Gasteiger partial charge on any atom is -0.497 e. The zero-order valence-electron chi connectivity index (χ0n) is 15.9. The average molecular weight is 504 g/mol. The van der Waals surface area contributed by atoms with Crippen LogP contribution in [0.3, 0.4) is 0 Å². The number of nitrogens with one attached hydrogen (secondary N) is 2. The number of thiocarbonyl (C=S) groups is 1. The Kier molecular flexibility index (Phi) is 5.29. The maximum atomic E-state index is 5.78. The summed E-state index contributed by atoms with van der Waals surface area (Å²) < 4.78 is 6.67. The van der Waals surface area contributed by atoms with E-state index in [1.54, 1.807) is 7.11 Å². The molecule has 2 N–H and O–H groups in total. The Morgan fingerprint density at radius 2 is 1.96 bits per heavy atom. The first kappa shape index (κ1) is 19.2. The van der Waals surface area contributed by atoms with Crippen LogP contribution in [0.4, 0.5) is 5.69 Å². The standard InChI is InChI=1S/C21H21IN4OS/c1-12-17(18(22)13(2)24-12)20-19(16-9-4-5-10-23-16)25-21(28)26(20)14-7-6-8-15(11-14)27-3/h4-11,19-20,24H,1-3H3,(H,25,28)/t19-,20+/m0/s1. The number of pyridine rings is 1.